The van der Waals surface area contributed by atoms with E-state index < -0.39 is 23.6 Å². The molecule has 1 rings (SSSR count). The number of likely N-dealkylation sites (tertiary alicyclic amines) is 1. The van der Waals surface area contributed by atoms with Gasteiger partial charge in [-0.25, -0.2) is 4.79 Å². The lowest BCUT2D eigenvalue weighted by atomic mass is 9.99. The van der Waals surface area contributed by atoms with E-state index in [1.165, 1.54) is 0 Å². The Hall–Kier alpha value is -1.79. The number of hydrogen-bond donors (Lipinski definition) is 3. The number of nitrogens with one attached hydrogen (secondary N) is 2. The molecule has 0 aromatic carbocycles. The summed E-state index contributed by atoms with van der Waals surface area (Å²) in [6, 6.07) is -1.04. The average Bonchev–Trinajstić information content (AvgIpc) is 2.88. The fraction of sp³-hybridized carbons (Fsp3) is 0.786. The molecule has 1 fully saturated rings. The van der Waals surface area contributed by atoms with E-state index in [0.29, 0.717) is 6.42 Å². The van der Waals surface area contributed by atoms with Crippen LogP contribution in [0.4, 0.5) is 4.79 Å². The summed E-state index contributed by atoms with van der Waals surface area (Å²) in [5.41, 5.74) is -0.640. The fourth-order valence-electron chi connectivity index (χ4n) is 2.30. The predicted octanol–water partition coefficient (Wildman–Crippen LogP) is 0.940. The second kappa shape index (κ2) is 7.28. The van der Waals surface area contributed by atoms with E-state index in [1.54, 1.807) is 25.7 Å². The first-order valence-corrected chi connectivity index (χ1v) is 7.30. The number of carboxylic acids is 1. The highest BCUT2D eigenvalue weighted by Gasteiger charge is 2.26. The van der Waals surface area contributed by atoms with Crippen molar-refractivity contribution < 1.29 is 19.5 Å². The number of carbonyl (C=O) groups excluding carboxylic acids is 2. The van der Waals surface area contributed by atoms with Gasteiger partial charge in [-0.2, -0.15) is 0 Å². The number of urea groups is 1. The zero-order valence-corrected chi connectivity index (χ0v) is 12.9. The summed E-state index contributed by atoms with van der Waals surface area (Å²) in [4.78, 5) is 36.3. The monoisotopic (exact) mass is 299 g/mol. The van der Waals surface area contributed by atoms with Gasteiger partial charge in [0.25, 0.3) is 0 Å². The predicted molar refractivity (Wildman–Crippen MR) is 77.9 cm³/mol. The SMILES string of the molecule is CC(NC(=O)NC(C)(C)CCC(=O)O)C(=O)N1CCCC1. The van der Waals surface area contributed by atoms with Crippen molar-refractivity contribution in [2.24, 2.45) is 0 Å². The van der Waals surface area contributed by atoms with Crippen molar-refractivity contribution in [1.82, 2.24) is 15.5 Å². The highest BCUT2D eigenvalue weighted by molar-refractivity contribution is 5.87. The second-order valence-corrected chi connectivity index (χ2v) is 6.13. The van der Waals surface area contributed by atoms with E-state index in [2.05, 4.69) is 10.6 Å². The summed E-state index contributed by atoms with van der Waals surface area (Å²) in [6.07, 6.45) is 2.32. The smallest absolute Gasteiger partial charge is 0.315 e. The van der Waals surface area contributed by atoms with E-state index in [-0.39, 0.29) is 12.3 Å². The van der Waals surface area contributed by atoms with Gasteiger partial charge >= 0.3 is 12.0 Å². The number of nitrogens with zero attached hydrogens (tertiary/aromatic N) is 1. The van der Waals surface area contributed by atoms with Crippen LogP contribution in [0.5, 0.6) is 0 Å². The zero-order chi connectivity index (χ0) is 16.0. The molecule has 0 aromatic rings. The summed E-state index contributed by atoms with van der Waals surface area (Å²) in [6.45, 7) is 6.66. The highest BCUT2D eigenvalue weighted by Crippen LogP contribution is 2.11. The maximum Gasteiger partial charge on any atom is 0.315 e. The number of carboxylic acid groups (broad SMARTS) is 1. The zero-order valence-electron chi connectivity index (χ0n) is 12.9. The normalized spacial score (nSPS) is 16.4. The Morgan fingerprint density at radius 1 is 1.24 bits per heavy atom. The van der Waals surface area contributed by atoms with Crippen LogP contribution >= 0.6 is 0 Å². The molecule has 7 heteroatoms. The number of amides is 3. The Bertz CT molecular complexity index is 403. The average molecular weight is 299 g/mol. The van der Waals surface area contributed by atoms with Crippen molar-refractivity contribution in [3.05, 3.63) is 0 Å². The molecule has 1 heterocycles. The maximum atomic E-state index is 12.1. The van der Waals surface area contributed by atoms with Crippen LogP contribution in [0.25, 0.3) is 0 Å². The van der Waals surface area contributed by atoms with Crippen molar-refractivity contribution in [3.63, 3.8) is 0 Å². The minimum Gasteiger partial charge on any atom is -0.481 e. The number of aliphatic carboxylic acids is 1. The third-order valence-corrected chi connectivity index (χ3v) is 3.55. The van der Waals surface area contributed by atoms with Gasteiger partial charge in [-0.05, 0) is 40.0 Å². The summed E-state index contributed by atoms with van der Waals surface area (Å²) in [5.74, 6) is -0.978. The highest BCUT2D eigenvalue weighted by atomic mass is 16.4. The van der Waals surface area contributed by atoms with Crippen LogP contribution in [0.15, 0.2) is 0 Å². The molecule has 0 radical (unpaired) electrons. The molecule has 0 aliphatic carbocycles. The van der Waals surface area contributed by atoms with Crippen molar-refractivity contribution in [2.45, 2.75) is 58.0 Å². The van der Waals surface area contributed by atoms with E-state index in [9.17, 15) is 14.4 Å². The first-order valence-electron chi connectivity index (χ1n) is 7.30. The van der Waals surface area contributed by atoms with Crippen molar-refractivity contribution in [1.29, 1.82) is 0 Å². The Labute approximate surface area is 125 Å². The molecule has 1 aliphatic rings. The van der Waals surface area contributed by atoms with Crippen LogP contribution in [-0.2, 0) is 9.59 Å². The molecule has 1 atom stereocenters. The fourth-order valence-corrected chi connectivity index (χ4v) is 2.30. The summed E-state index contributed by atoms with van der Waals surface area (Å²) >= 11 is 0. The van der Waals surface area contributed by atoms with E-state index in [0.717, 1.165) is 25.9 Å². The van der Waals surface area contributed by atoms with Gasteiger partial charge in [0, 0.05) is 25.0 Å². The lowest BCUT2D eigenvalue weighted by Crippen LogP contribution is -2.54. The third-order valence-electron chi connectivity index (χ3n) is 3.55. The van der Waals surface area contributed by atoms with E-state index in [4.69, 9.17) is 5.11 Å². The molecule has 3 amide bonds. The largest absolute Gasteiger partial charge is 0.481 e. The van der Waals surface area contributed by atoms with Crippen molar-refractivity contribution in [2.75, 3.05) is 13.1 Å². The van der Waals surface area contributed by atoms with Gasteiger partial charge in [0.1, 0.15) is 6.04 Å². The molecule has 120 valence electrons. The summed E-state index contributed by atoms with van der Waals surface area (Å²) in [7, 11) is 0. The van der Waals surface area contributed by atoms with Crippen LogP contribution in [-0.4, -0.2) is 52.6 Å². The third kappa shape index (κ3) is 6.01. The van der Waals surface area contributed by atoms with Crippen LogP contribution in [0.3, 0.4) is 0 Å². The molecule has 0 spiro atoms. The molecular weight excluding hydrogens is 274 g/mol. The van der Waals surface area contributed by atoms with Gasteiger partial charge in [-0.3, -0.25) is 9.59 Å². The molecule has 0 saturated carbocycles. The van der Waals surface area contributed by atoms with Gasteiger partial charge in [0.05, 0.1) is 0 Å². The van der Waals surface area contributed by atoms with Crippen molar-refractivity contribution >= 4 is 17.9 Å². The molecule has 1 unspecified atom stereocenters. The van der Waals surface area contributed by atoms with Gasteiger partial charge in [-0.15, -0.1) is 0 Å². The number of carbonyl (C=O) groups is 3. The van der Waals surface area contributed by atoms with Crippen LogP contribution in [0.1, 0.15) is 46.5 Å². The number of rotatable bonds is 6. The molecular formula is C14H25N3O4. The Kier molecular flexibility index (Phi) is 5.99. The molecule has 0 bridgehead atoms. The molecule has 0 aromatic heterocycles. The van der Waals surface area contributed by atoms with Crippen LogP contribution in [0.2, 0.25) is 0 Å². The lowest BCUT2D eigenvalue weighted by molar-refractivity contribution is -0.137. The van der Waals surface area contributed by atoms with Crippen LogP contribution in [0, 0.1) is 0 Å². The Morgan fingerprint density at radius 3 is 2.33 bits per heavy atom. The molecule has 21 heavy (non-hydrogen) atoms. The van der Waals surface area contributed by atoms with Crippen molar-refractivity contribution in [3.8, 4) is 0 Å². The standard InChI is InChI=1S/C14H25N3O4/c1-10(12(20)17-8-4-5-9-17)15-13(21)16-14(2,3)7-6-11(18)19/h10H,4-9H2,1-3H3,(H,18,19)(H2,15,16,21). The molecule has 3 N–H and O–H groups in total. The van der Waals surface area contributed by atoms with Gasteiger partial charge in [0.15, 0.2) is 0 Å². The molecule has 7 nitrogen and oxygen atoms in total. The summed E-state index contributed by atoms with van der Waals surface area (Å²) in [5, 5.41) is 14.0. The second-order valence-electron chi connectivity index (χ2n) is 6.13. The Morgan fingerprint density at radius 2 is 1.81 bits per heavy atom. The molecule has 1 aliphatic heterocycles. The Balaban J connectivity index is 2.41. The minimum atomic E-state index is -0.900. The first-order chi connectivity index (χ1) is 9.71. The number of hydrogen-bond acceptors (Lipinski definition) is 3. The van der Waals surface area contributed by atoms with E-state index >= 15 is 0 Å². The molecule has 1 saturated heterocycles. The van der Waals surface area contributed by atoms with Crippen LogP contribution < -0.4 is 10.6 Å². The topological polar surface area (TPSA) is 98.7 Å². The lowest BCUT2D eigenvalue weighted by Gasteiger charge is -2.27. The minimum absolute atomic E-state index is 0.0183. The summed E-state index contributed by atoms with van der Waals surface area (Å²) < 4.78 is 0. The van der Waals surface area contributed by atoms with E-state index in [1.807, 2.05) is 0 Å². The maximum absolute atomic E-state index is 12.1. The first kappa shape index (κ1) is 17.3. The van der Waals surface area contributed by atoms with Gasteiger partial charge in [-0.1, -0.05) is 0 Å². The van der Waals surface area contributed by atoms with Gasteiger partial charge in [0.2, 0.25) is 5.91 Å². The quantitative estimate of drug-likeness (QED) is 0.679. The van der Waals surface area contributed by atoms with Gasteiger partial charge < -0.3 is 20.6 Å².